The quantitative estimate of drug-likeness (QED) is 0.493. The van der Waals surface area contributed by atoms with Gasteiger partial charge < -0.3 is 4.74 Å². The highest BCUT2D eigenvalue weighted by molar-refractivity contribution is 6.40. The van der Waals surface area contributed by atoms with Gasteiger partial charge in [-0.25, -0.2) is 9.88 Å². The van der Waals surface area contributed by atoms with E-state index in [1.807, 2.05) is 6.92 Å². The van der Waals surface area contributed by atoms with Gasteiger partial charge in [0.15, 0.2) is 0 Å². The molecule has 6 heteroatoms. The maximum atomic E-state index is 12.8. The SMILES string of the molecule is CCOC=C1C(=O)N(c2ccc(Cl)cn2)C(=O)c2ccccc21. The van der Waals surface area contributed by atoms with Crippen molar-refractivity contribution in [1.82, 2.24) is 4.98 Å². The zero-order valence-corrected chi connectivity index (χ0v) is 13.1. The van der Waals surface area contributed by atoms with Crippen molar-refractivity contribution in [2.75, 3.05) is 11.5 Å². The third-order valence-electron chi connectivity index (χ3n) is 3.39. The standard InChI is InChI=1S/C17H13ClN2O3/c1-2-23-10-14-12-5-3-4-6-13(12)16(21)20(17(14)22)15-8-7-11(18)9-19-15/h3-10H,2H2,1H3. The van der Waals surface area contributed by atoms with Crippen molar-refractivity contribution in [2.24, 2.45) is 0 Å². The van der Waals surface area contributed by atoms with Crippen LogP contribution in [0.25, 0.3) is 5.57 Å². The number of aromatic nitrogens is 1. The van der Waals surface area contributed by atoms with Crippen LogP contribution in [0.1, 0.15) is 22.8 Å². The number of imide groups is 1. The molecule has 0 N–H and O–H groups in total. The first-order valence-electron chi connectivity index (χ1n) is 7.05. The fourth-order valence-electron chi connectivity index (χ4n) is 2.34. The number of nitrogens with zero attached hydrogens (tertiary/aromatic N) is 2. The van der Waals surface area contributed by atoms with Crippen LogP contribution in [0.5, 0.6) is 0 Å². The molecule has 0 saturated heterocycles. The van der Waals surface area contributed by atoms with Crippen molar-refractivity contribution in [3.05, 3.63) is 65.0 Å². The minimum atomic E-state index is -0.475. The monoisotopic (exact) mass is 328 g/mol. The molecule has 2 heterocycles. The smallest absolute Gasteiger partial charge is 0.270 e. The average molecular weight is 329 g/mol. The summed E-state index contributed by atoms with van der Waals surface area (Å²) >= 11 is 5.82. The number of carbonyl (C=O) groups is 2. The molecule has 0 fully saturated rings. The van der Waals surface area contributed by atoms with Crippen LogP contribution in [0.4, 0.5) is 5.82 Å². The summed E-state index contributed by atoms with van der Waals surface area (Å²) in [4.78, 5) is 30.6. The molecule has 0 unspecified atom stereocenters. The van der Waals surface area contributed by atoms with Crippen molar-refractivity contribution in [2.45, 2.75) is 6.92 Å². The lowest BCUT2D eigenvalue weighted by Gasteiger charge is -2.27. The first-order chi connectivity index (χ1) is 11.1. The number of hydrogen-bond donors (Lipinski definition) is 0. The minimum absolute atomic E-state index is 0.223. The Labute approximate surface area is 138 Å². The van der Waals surface area contributed by atoms with Crippen LogP contribution in [0.15, 0.2) is 48.9 Å². The van der Waals surface area contributed by atoms with E-state index < -0.39 is 11.8 Å². The Kier molecular flexibility index (Phi) is 4.12. The second kappa shape index (κ2) is 6.22. The summed E-state index contributed by atoms with van der Waals surface area (Å²) in [5.41, 5.74) is 1.30. The molecule has 1 aliphatic rings. The van der Waals surface area contributed by atoms with E-state index in [-0.39, 0.29) is 5.82 Å². The Morgan fingerprint density at radius 1 is 1.13 bits per heavy atom. The molecular formula is C17H13ClN2O3. The Balaban J connectivity index is 2.14. The number of halogens is 1. The van der Waals surface area contributed by atoms with E-state index >= 15 is 0 Å². The molecule has 5 nitrogen and oxygen atoms in total. The van der Waals surface area contributed by atoms with Crippen molar-refractivity contribution in [3.8, 4) is 0 Å². The molecule has 2 aromatic rings. The molecule has 0 aliphatic carbocycles. The second-order valence-corrected chi connectivity index (χ2v) is 5.25. The molecule has 1 aromatic carbocycles. The van der Waals surface area contributed by atoms with Gasteiger partial charge in [0.25, 0.3) is 11.8 Å². The fraction of sp³-hybridized carbons (Fsp3) is 0.118. The highest BCUT2D eigenvalue weighted by Crippen LogP contribution is 2.31. The maximum absolute atomic E-state index is 12.8. The minimum Gasteiger partial charge on any atom is -0.501 e. The molecular weight excluding hydrogens is 316 g/mol. The summed E-state index contributed by atoms with van der Waals surface area (Å²) in [6, 6.07) is 10.0. The van der Waals surface area contributed by atoms with Crippen molar-refractivity contribution >= 4 is 34.8 Å². The van der Waals surface area contributed by atoms with Gasteiger partial charge in [-0.3, -0.25) is 9.59 Å². The summed E-state index contributed by atoms with van der Waals surface area (Å²) in [5, 5.41) is 0.427. The molecule has 23 heavy (non-hydrogen) atoms. The third kappa shape index (κ3) is 2.71. The number of anilines is 1. The second-order valence-electron chi connectivity index (χ2n) is 4.81. The summed E-state index contributed by atoms with van der Waals surface area (Å²) in [5.74, 6) is -0.674. The summed E-state index contributed by atoms with van der Waals surface area (Å²) in [6.45, 7) is 2.24. The molecule has 0 saturated carbocycles. The lowest BCUT2D eigenvalue weighted by atomic mass is 9.94. The number of pyridine rings is 1. The average Bonchev–Trinajstić information content (AvgIpc) is 2.57. The van der Waals surface area contributed by atoms with E-state index in [0.717, 1.165) is 4.90 Å². The van der Waals surface area contributed by atoms with Gasteiger partial charge in [0.2, 0.25) is 0 Å². The summed E-state index contributed by atoms with van der Waals surface area (Å²) in [7, 11) is 0. The highest BCUT2D eigenvalue weighted by atomic mass is 35.5. The fourth-order valence-corrected chi connectivity index (χ4v) is 2.45. The molecule has 3 rings (SSSR count). The third-order valence-corrected chi connectivity index (χ3v) is 3.62. The van der Waals surface area contributed by atoms with Gasteiger partial charge in [0.05, 0.1) is 23.5 Å². The zero-order valence-electron chi connectivity index (χ0n) is 12.3. The Bertz CT molecular complexity index is 800. The first-order valence-corrected chi connectivity index (χ1v) is 7.42. The number of fused-ring (bicyclic) bond motifs is 1. The first kappa shape index (κ1) is 15.2. The van der Waals surface area contributed by atoms with Crippen LogP contribution in [-0.4, -0.2) is 23.4 Å². The Hall–Kier alpha value is -2.66. The van der Waals surface area contributed by atoms with Gasteiger partial charge in [0.1, 0.15) is 5.82 Å². The largest absolute Gasteiger partial charge is 0.501 e. The number of carbonyl (C=O) groups excluding carboxylic acids is 2. The molecule has 0 spiro atoms. The Morgan fingerprint density at radius 2 is 1.87 bits per heavy atom. The van der Waals surface area contributed by atoms with Crippen LogP contribution in [0, 0.1) is 0 Å². The summed E-state index contributed by atoms with van der Waals surface area (Å²) < 4.78 is 5.28. The summed E-state index contributed by atoms with van der Waals surface area (Å²) in [6.07, 6.45) is 2.78. The van der Waals surface area contributed by atoms with E-state index in [9.17, 15) is 9.59 Å². The number of ether oxygens (including phenoxy) is 1. The highest BCUT2D eigenvalue weighted by Gasteiger charge is 2.36. The van der Waals surface area contributed by atoms with Gasteiger partial charge in [-0.1, -0.05) is 29.8 Å². The van der Waals surface area contributed by atoms with Crippen molar-refractivity contribution in [1.29, 1.82) is 0 Å². The molecule has 2 amide bonds. The Morgan fingerprint density at radius 3 is 2.52 bits per heavy atom. The molecule has 1 aliphatic heterocycles. The van der Waals surface area contributed by atoms with Gasteiger partial charge in [0, 0.05) is 17.3 Å². The molecule has 1 aromatic heterocycles. The normalized spacial score (nSPS) is 15.7. The maximum Gasteiger partial charge on any atom is 0.270 e. The van der Waals surface area contributed by atoms with E-state index in [0.29, 0.717) is 28.3 Å². The van der Waals surface area contributed by atoms with E-state index in [1.165, 1.54) is 18.5 Å². The van der Waals surface area contributed by atoms with Crippen LogP contribution in [0.3, 0.4) is 0 Å². The predicted molar refractivity (Wildman–Crippen MR) is 87.1 cm³/mol. The topological polar surface area (TPSA) is 59.5 Å². The van der Waals surface area contributed by atoms with E-state index in [4.69, 9.17) is 16.3 Å². The van der Waals surface area contributed by atoms with Gasteiger partial charge in [-0.15, -0.1) is 0 Å². The van der Waals surface area contributed by atoms with E-state index in [1.54, 1.807) is 30.3 Å². The zero-order chi connectivity index (χ0) is 16.4. The molecule has 0 atom stereocenters. The number of amides is 2. The van der Waals surface area contributed by atoms with Gasteiger partial charge >= 0.3 is 0 Å². The molecule has 0 radical (unpaired) electrons. The molecule has 0 bridgehead atoms. The van der Waals surface area contributed by atoms with Gasteiger partial charge in [-0.05, 0) is 25.1 Å². The van der Waals surface area contributed by atoms with Crippen LogP contribution in [-0.2, 0) is 9.53 Å². The lowest BCUT2D eigenvalue weighted by Crippen LogP contribution is -2.42. The number of hydrogen-bond acceptors (Lipinski definition) is 4. The van der Waals surface area contributed by atoms with Crippen LogP contribution < -0.4 is 4.90 Å². The number of benzene rings is 1. The molecule has 116 valence electrons. The van der Waals surface area contributed by atoms with Crippen LogP contribution >= 0.6 is 11.6 Å². The van der Waals surface area contributed by atoms with Crippen LogP contribution in [0.2, 0.25) is 5.02 Å². The number of rotatable bonds is 3. The lowest BCUT2D eigenvalue weighted by molar-refractivity contribution is -0.113. The van der Waals surface area contributed by atoms with Crippen molar-refractivity contribution in [3.63, 3.8) is 0 Å². The van der Waals surface area contributed by atoms with E-state index in [2.05, 4.69) is 4.98 Å². The van der Waals surface area contributed by atoms with Crippen molar-refractivity contribution < 1.29 is 14.3 Å². The van der Waals surface area contributed by atoms with Gasteiger partial charge in [-0.2, -0.15) is 0 Å². The predicted octanol–water partition coefficient (Wildman–Crippen LogP) is 3.30.